The second-order valence-electron chi connectivity index (χ2n) is 3.85. The smallest absolute Gasteiger partial charge is 0.411 e. The molecule has 1 aromatic carbocycles. The zero-order valence-electron chi connectivity index (χ0n) is 9.91. The summed E-state index contributed by atoms with van der Waals surface area (Å²) in [4.78, 5) is 10.9. The maximum absolute atomic E-state index is 10.9. The maximum Gasteiger partial charge on any atom is 0.411 e. The number of carbonyl (C=O) groups is 1. The fraction of sp³-hybridized carbons (Fsp3) is 0.417. The van der Waals surface area contributed by atoms with Crippen LogP contribution in [-0.2, 0) is 11.3 Å². The number of rotatable bonds is 4. The molecule has 1 amide bonds. The van der Waals surface area contributed by atoms with Crippen molar-refractivity contribution in [3.8, 4) is 0 Å². The second-order valence-corrected chi connectivity index (χ2v) is 3.85. The van der Waals surface area contributed by atoms with E-state index in [2.05, 4.69) is 29.2 Å². The average Bonchev–Trinajstić information content (AvgIpc) is 2.28. The van der Waals surface area contributed by atoms with Gasteiger partial charge in [0, 0.05) is 18.3 Å². The molecule has 0 aliphatic carbocycles. The third kappa shape index (κ3) is 4.31. The normalized spacial score (nSPS) is 10.2. The van der Waals surface area contributed by atoms with Gasteiger partial charge in [-0.1, -0.05) is 26.0 Å². The number of ether oxygens (including phenoxy) is 1. The predicted octanol–water partition coefficient (Wildman–Crippen LogP) is 2.36. The number of methoxy groups -OCH3 is 1. The van der Waals surface area contributed by atoms with E-state index in [-0.39, 0.29) is 0 Å². The van der Waals surface area contributed by atoms with E-state index < -0.39 is 6.09 Å². The first-order chi connectivity index (χ1) is 7.61. The molecule has 0 bridgehead atoms. The van der Waals surface area contributed by atoms with Crippen molar-refractivity contribution in [2.24, 2.45) is 0 Å². The molecule has 0 unspecified atom stereocenters. The van der Waals surface area contributed by atoms with Crippen molar-refractivity contribution in [3.05, 3.63) is 29.8 Å². The van der Waals surface area contributed by atoms with Crippen molar-refractivity contribution < 1.29 is 9.53 Å². The van der Waals surface area contributed by atoms with Gasteiger partial charge in [-0.3, -0.25) is 5.32 Å². The standard InChI is InChI=1S/C12H18N2O2/c1-9(2)13-8-10-4-6-11(7-5-10)14-12(15)16-3/h4-7,9,13H,8H2,1-3H3,(H,14,15). The molecule has 0 radical (unpaired) electrons. The van der Waals surface area contributed by atoms with Crippen LogP contribution in [0.15, 0.2) is 24.3 Å². The van der Waals surface area contributed by atoms with Crippen molar-refractivity contribution in [2.75, 3.05) is 12.4 Å². The molecular weight excluding hydrogens is 204 g/mol. The van der Waals surface area contributed by atoms with Crippen molar-refractivity contribution in [2.45, 2.75) is 26.4 Å². The molecule has 88 valence electrons. The molecule has 16 heavy (non-hydrogen) atoms. The zero-order chi connectivity index (χ0) is 12.0. The highest BCUT2D eigenvalue weighted by atomic mass is 16.5. The van der Waals surface area contributed by atoms with Crippen LogP contribution in [0.2, 0.25) is 0 Å². The Bertz CT molecular complexity index is 333. The fourth-order valence-corrected chi connectivity index (χ4v) is 1.20. The lowest BCUT2D eigenvalue weighted by atomic mass is 10.2. The summed E-state index contributed by atoms with van der Waals surface area (Å²) in [5.74, 6) is 0. The topological polar surface area (TPSA) is 50.4 Å². The molecule has 0 aliphatic heterocycles. The lowest BCUT2D eigenvalue weighted by Crippen LogP contribution is -2.21. The van der Waals surface area contributed by atoms with Gasteiger partial charge in [-0.2, -0.15) is 0 Å². The van der Waals surface area contributed by atoms with Crippen LogP contribution in [0, 0.1) is 0 Å². The summed E-state index contributed by atoms with van der Waals surface area (Å²) in [5, 5.41) is 5.92. The summed E-state index contributed by atoms with van der Waals surface area (Å²) < 4.78 is 4.50. The molecule has 0 aliphatic rings. The van der Waals surface area contributed by atoms with Crippen LogP contribution in [0.4, 0.5) is 10.5 Å². The molecule has 0 fully saturated rings. The van der Waals surface area contributed by atoms with Crippen LogP contribution < -0.4 is 10.6 Å². The number of nitrogens with one attached hydrogen (secondary N) is 2. The third-order valence-electron chi connectivity index (χ3n) is 2.10. The lowest BCUT2D eigenvalue weighted by molar-refractivity contribution is 0.187. The SMILES string of the molecule is COC(=O)Nc1ccc(CNC(C)C)cc1. The van der Waals surface area contributed by atoms with E-state index in [9.17, 15) is 4.79 Å². The van der Waals surface area contributed by atoms with Crippen LogP contribution in [0.5, 0.6) is 0 Å². The van der Waals surface area contributed by atoms with Crippen LogP contribution in [0.25, 0.3) is 0 Å². The van der Waals surface area contributed by atoms with Crippen LogP contribution in [-0.4, -0.2) is 19.2 Å². The minimum atomic E-state index is -0.451. The summed E-state index contributed by atoms with van der Waals surface area (Å²) in [6, 6.07) is 8.12. The van der Waals surface area contributed by atoms with E-state index in [1.807, 2.05) is 24.3 Å². The molecule has 1 aromatic rings. The number of amides is 1. The van der Waals surface area contributed by atoms with Gasteiger partial charge in [0.2, 0.25) is 0 Å². The Hall–Kier alpha value is -1.55. The minimum absolute atomic E-state index is 0.451. The molecule has 0 saturated heterocycles. The van der Waals surface area contributed by atoms with Crippen LogP contribution >= 0.6 is 0 Å². The van der Waals surface area contributed by atoms with E-state index in [1.165, 1.54) is 12.7 Å². The highest BCUT2D eigenvalue weighted by molar-refractivity contribution is 5.84. The Morgan fingerprint density at radius 2 is 1.94 bits per heavy atom. The van der Waals surface area contributed by atoms with E-state index >= 15 is 0 Å². The number of benzene rings is 1. The largest absolute Gasteiger partial charge is 0.453 e. The van der Waals surface area contributed by atoms with Gasteiger partial charge < -0.3 is 10.1 Å². The van der Waals surface area contributed by atoms with Gasteiger partial charge in [0.05, 0.1) is 7.11 Å². The second kappa shape index (κ2) is 6.12. The number of hydrogen-bond donors (Lipinski definition) is 2. The Morgan fingerprint density at radius 3 is 2.44 bits per heavy atom. The fourth-order valence-electron chi connectivity index (χ4n) is 1.20. The molecule has 0 atom stereocenters. The van der Waals surface area contributed by atoms with E-state index in [0.29, 0.717) is 6.04 Å². The summed E-state index contributed by atoms with van der Waals surface area (Å²) in [6.45, 7) is 5.04. The monoisotopic (exact) mass is 222 g/mol. The Morgan fingerprint density at radius 1 is 1.31 bits per heavy atom. The number of anilines is 1. The summed E-state index contributed by atoms with van der Waals surface area (Å²) in [5.41, 5.74) is 1.92. The van der Waals surface area contributed by atoms with Gasteiger partial charge in [-0.25, -0.2) is 4.79 Å². The van der Waals surface area contributed by atoms with Crippen molar-refractivity contribution >= 4 is 11.8 Å². The van der Waals surface area contributed by atoms with Crippen molar-refractivity contribution in [1.82, 2.24) is 5.32 Å². The first-order valence-electron chi connectivity index (χ1n) is 5.29. The number of hydrogen-bond acceptors (Lipinski definition) is 3. The van der Waals surface area contributed by atoms with E-state index in [0.717, 1.165) is 12.2 Å². The predicted molar refractivity (Wildman–Crippen MR) is 64.4 cm³/mol. The summed E-state index contributed by atoms with van der Waals surface area (Å²) in [7, 11) is 1.34. The molecule has 0 heterocycles. The summed E-state index contributed by atoms with van der Waals surface area (Å²) in [6.07, 6.45) is -0.451. The van der Waals surface area contributed by atoms with Gasteiger partial charge in [-0.15, -0.1) is 0 Å². The van der Waals surface area contributed by atoms with E-state index in [1.54, 1.807) is 0 Å². The molecule has 0 spiro atoms. The molecule has 1 rings (SSSR count). The molecule has 2 N–H and O–H groups in total. The quantitative estimate of drug-likeness (QED) is 0.822. The Kier molecular flexibility index (Phi) is 4.79. The van der Waals surface area contributed by atoms with E-state index in [4.69, 9.17) is 0 Å². The summed E-state index contributed by atoms with van der Waals surface area (Å²) >= 11 is 0. The molecule has 0 aromatic heterocycles. The van der Waals surface area contributed by atoms with Crippen LogP contribution in [0.1, 0.15) is 19.4 Å². The van der Waals surface area contributed by atoms with Crippen molar-refractivity contribution in [1.29, 1.82) is 0 Å². The van der Waals surface area contributed by atoms with Gasteiger partial charge in [0.1, 0.15) is 0 Å². The maximum atomic E-state index is 10.9. The van der Waals surface area contributed by atoms with Gasteiger partial charge in [0.15, 0.2) is 0 Å². The Labute approximate surface area is 96.0 Å². The molecule has 0 saturated carbocycles. The highest BCUT2D eigenvalue weighted by Crippen LogP contribution is 2.09. The molecule has 4 heteroatoms. The van der Waals surface area contributed by atoms with Gasteiger partial charge in [-0.05, 0) is 17.7 Å². The highest BCUT2D eigenvalue weighted by Gasteiger charge is 2.00. The zero-order valence-corrected chi connectivity index (χ0v) is 9.91. The van der Waals surface area contributed by atoms with Crippen LogP contribution in [0.3, 0.4) is 0 Å². The average molecular weight is 222 g/mol. The Balaban J connectivity index is 2.51. The third-order valence-corrected chi connectivity index (χ3v) is 2.10. The van der Waals surface area contributed by atoms with Crippen molar-refractivity contribution in [3.63, 3.8) is 0 Å². The first kappa shape index (κ1) is 12.5. The molecule has 4 nitrogen and oxygen atoms in total. The molecular formula is C12H18N2O2. The minimum Gasteiger partial charge on any atom is -0.453 e. The first-order valence-corrected chi connectivity index (χ1v) is 5.29. The van der Waals surface area contributed by atoms with Gasteiger partial charge in [0.25, 0.3) is 0 Å². The van der Waals surface area contributed by atoms with Gasteiger partial charge >= 0.3 is 6.09 Å². The number of carbonyl (C=O) groups excluding carboxylic acids is 1. The lowest BCUT2D eigenvalue weighted by Gasteiger charge is -2.09.